The van der Waals surface area contributed by atoms with E-state index in [0.717, 1.165) is 12.8 Å². The van der Waals surface area contributed by atoms with Gasteiger partial charge < -0.3 is 4.74 Å². The largest absolute Gasteiger partial charge is 0.462 e. The third-order valence-corrected chi connectivity index (χ3v) is 4.29. The van der Waals surface area contributed by atoms with Crippen molar-refractivity contribution in [2.75, 3.05) is 6.61 Å². The quantitative estimate of drug-likeness (QED) is 0.177. The highest BCUT2D eigenvalue weighted by atomic mass is 16.6. The Bertz CT molecular complexity index is 499. The highest BCUT2D eigenvalue weighted by molar-refractivity contribution is 5.89. The molecule has 0 aliphatic carbocycles. The van der Waals surface area contributed by atoms with Crippen LogP contribution >= 0.6 is 0 Å². The molecule has 0 spiro atoms. The minimum Gasteiger partial charge on any atom is -0.462 e. The number of nitrogens with zero attached hydrogens (tertiary/aromatic N) is 1. The van der Waals surface area contributed by atoms with Gasteiger partial charge in [0.2, 0.25) is 0 Å². The molecule has 25 heavy (non-hydrogen) atoms. The van der Waals surface area contributed by atoms with Crippen molar-refractivity contribution in [1.82, 2.24) is 0 Å². The maximum Gasteiger partial charge on any atom is 0.338 e. The Balaban J connectivity index is 1.98. The smallest absolute Gasteiger partial charge is 0.338 e. The number of esters is 1. The van der Waals surface area contributed by atoms with Crippen LogP contribution in [0.2, 0.25) is 0 Å². The Hall–Kier alpha value is -1.91. The van der Waals surface area contributed by atoms with Crippen LogP contribution < -0.4 is 0 Å². The van der Waals surface area contributed by atoms with Gasteiger partial charge in [-0.1, -0.05) is 71.1 Å². The molecular weight excluding hydrogens is 318 g/mol. The number of hydrogen-bond donors (Lipinski definition) is 0. The van der Waals surface area contributed by atoms with Crippen molar-refractivity contribution in [3.8, 4) is 0 Å². The molecule has 5 heteroatoms. The van der Waals surface area contributed by atoms with E-state index in [0.29, 0.717) is 12.2 Å². The number of hydrogen-bond acceptors (Lipinski definition) is 4. The summed E-state index contributed by atoms with van der Waals surface area (Å²) in [6.07, 6.45) is 13.8. The zero-order chi connectivity index (χ0) is 18.3. The summed E-state index contributed by atoms with van der Waals surface area (Å²) in [5.41, 5.74) is 0.329. The molecule has 0 saturated heterocycles. The highest BCUT2D eigenvalue weighted by Crippen LogP contribution is 2.14. The molecule has 140 valence electrons. The summed E-state index contributed by atoms with van der Waals surface area (Å²) in [5, 5.41) is 10.6. The Morgan fingerprint density at radius 1 is 0.880 bits per heavy atom. The summed E-state index contributed by atoms with van der Waals surface area (Å²) in [5.74, 6) is -0.415. The molecule has 0 amide bonds. The van der Waals surface area contributed by atoms with Gasteiger partial charge >= 0.3 is 5.97 Å². The first kappa shape index (κ1) is 21.1. The van der Waals surface area contributed by atoms with Gasteiger partial charge in [-0.3, -0.25) is 10.1 Å². The Morgan fingerprint density at radius 3 is 1.84 bits per heavy atom. The fourth-order valence-electron chi connectivity index (χ4n) is 2.73. The van der Waals surface area contributed by atoms with E-state index in [1.807, 2.05) is 0 Å². The number of benzene rings is 1. The molecule has 1 aromatic rings. The van der Waals surface area contributed by atoms with Crippen molar-refractivity contribution >= 4 is 11.7 Å². The molecule has 0 aliphatic heterocycles. The lowest BCUT2D eigenvalue weighted by molar-refractivity contribution is -0.384. The van der Waals surface area contributed by atoms with Gasteiger partial charge in [0, 0.05) is 12.1 Å². The molecule has 0 fully saturated rings. The van der Waals surface area contributed by atoms with Crippen LogP contribution in [-0.4, -0.2) is 17.5 Å². The minimum atomic E-state index is -0.486. The van der Waals surface area contributed by atoms with Gasteiger partial charge in [-0.25, -0.2) is 4.79 Å². The van der Waals surface area contributed by atoms with Crippen LogP contribution in [0.25, 0.3) is 0 Å². The lowest BCUT2D eigenvalue weighted by atomic mass is 10.1. The molecule has 0 saturated carbocycles. The van der Waals surface area contributed by atoms with E-state index in [4.69, 9.17) is 4.74 Å². The average Bonchev–Trinajstić information content (AvgIpc) is 2.62. The molecule has 0 unspecified atom stereocenters. The number of nitro groups is 1. The standard InChI is InChI=1S/C20H31NO4/c1-2-3-4-5-6-7-8-9-10-11-12-17-25-20(22)18-13-15-19(16-14-18)21(23)24/h13-16H,2-12,17H2,1H3. The zero-order valence-corrected chi connectivity index (χ0v) is 15.4. The van der Waals surface area contributed by atoms with Crippen molar-refractivity contribution in [2.45, 2.75) is 77.6 Å². The summed E-state index contributed by atoms with van der Waals surface area (Å²) < 4.78 is 5.20. The third-order valence-electron chi connectivity index (χ3n) is 4.29. The number of rotatable bonds is 14. The van der Waals surface area contributed by atoms with Gasteiger partial charge in [-0.2, -0.15) is 0 Å². The Labute approximate surface area is 150 Å². The second-order valence-corrected chi connectivity index (χ2v) is 6.48. The monoisotopic (exact) mass is 349 g/mol. The molecule has 0 radical (unpaired) electrons. The van der Waals surface area contributed by atoms with Crippen LogP contribution in [0, 0.1) is 10.1 Å². The van der Waals surface area contributed by atoms with E-state index in [2.05, 4.69) is 6.92 Å². The van der Waals surface area contributed by atoms with E-state index >= 15 is 0 Å². The van der Waals surface area contributed by atoms with Crippen molar-refractivity contribution in [3.63, 3.8) is 0 Å². The average molecular weight is 349 g/mol. The van der Waals surface area contributed by atoms with Gasteiger partial charge in [0.25, 0.3) is 5.69 Å². The van der Waals surface area contributed by atoms with Gasteiger partial charge in [0.1, 0.15) is 0 Å². The summed E-state index contributed by atoms with van der Waals surface area (Å²) in [4.78, 5) is 21.9. The maximum absolute atomic E-state index is 11.8. The molecule has 0 N–H and O–H groups in total. The minimum absolute atomic E-state index is 0.0260. The molecule has 0 heterocycles. The molecule has 0 bridgehead atoms. The van der Waals surface area contributed by atoms with E-state index in [1.54, 1.807) is 0 Å². The first-order chi connectivity index (χ1) is 12.1. The molecule has 1 aromatic carbocycles. The predicted molar refractivity (Wildman–Crippen MR) is 99.8 cm³/mol. The fourth-order valence-corrected chi connectivity index (χ4v) is 2.73. The second-order valence-electron chi connectivity index (χ2n) is 6.48. The van der Waals surface area contributed by atoms with Crippen LogP contribution in [0.5, 0.6) is 0 Å². The normalized spacial score (nSPS) is 10.6. The van der Waals surface area contributed by atoms with Gasteiger partial charge in [-0.05, 0) is 18.6 Å². The third kappa shape index (κ3) is 9.85. The number of non-ortho nitro benzene ring substituents is 1. The molecule has 0 aliphatic rings. The summed E-state index contributed by atoms with van der Waals surface area (Å²) in [6.45, 7) is 2.65. The SMILES string of the molecule is CCCCCCCCCCCCCOC(=O)c1ccc([N+](=O)[O-])cc1. The van der Waals surface area contributed by atoms with Crippen LogP contribution in [-0.2, 0) is 4.74 Å². The molecular formula is C20H31NO4. The summed E-state index contributed by atoms with van der Waals surface area (Å²) in [6, 6.07) is 5.50. The van der Waals surface area contributed by atoms with E-state index in [1.165, 1.54) is 82.1 Å². The van der Waals surface area contributed by atoms with Crippen molar-refractivity contribution in [1.29, 1.82) is 0 Å². The van der Waals surface area contributed by atoms with Gasteiger partial charge in [-0.15, -0.1) is 0 Å². The number of carbonyl (C=O) groups is 1. The second kappa shape index (κ2) is 13.4. The Morgan fingerprint density at radius 2 is 1.36 bits per heavy atom. The summed E-state index contributed by atoms with van der Waals surface area (Å²) in [7, 11) is 0. The number of unbranched alkanes of at least 4 members (excludes halogenated alkanes) is 10. The molecule has 5 nitrogen and oxygen atoms in total. The Kier molecular flexibility index (Phi) is 11.3. The predicted octanol–water partition coefficient (Wildman–Crippen LogP) is 6.06. The van der Waals surface area contributed by atoms with Crippen LogP contribution in [0.15, 0.2) is 24.3 Å². The van der Waals surface area contributed by atoms with Crippen LogP contribution in [0.1, 0.15) is 87.9 Å². The number of carbonyl (C=O) groups excluding carboxylic acids is 1. The van der Waals surface area contributed by atoms with Gasteiger partial charge in [0.05, 0.1) is 17.1 Å². The highest BCUT2D eigenvalue weighted by Gasteiger charge is 2.10. The lowest BCUT2D eigenvalue weighted by Gasteiger charge is -2.05. The number of ether oxygens (including phenoxy) is 1. The van der Waals surface area contributed by atoms with Gasteiger partial charge in [0.15, 0.2) is 0 Å². The number of nitro benzene ring substituents is 1. The van der Waals surface area contributed by atoms with Crippen molar-refractivity contribution in [2.24, 2.45) is 0 Å². The fraction of sp³-hybridized carbons (Fsp3) is 0.650. The van der Waals surface area contributed by atoms with Crippen molar-refractivity contribution < 1.29 is 14.5 Å². The van der Waals surface area contributed by atoms with Crippen LogP contribution in [0.4, 0.5) is 5.69 Å². The van der Waals surface area contributed by atoms with Crippen LogP contribution in [0.3, 0.4) is 0 Å². The summed E-state index contributed by atoms with van der Waals surface area (Å²) >= 11 is 0. The van der Waals surface area contributed by atoms with E-state index in [-0.39, 0.29) is 5.69 Å². The molecule has 1 rings (SSSR count). The topological polar surface area (TPSA) is 69.4 Å². The first-order valence-electron chi connectivity index (χ1n) is 9.56. The van der Waals surface area contributed by atoms with E-state index < -0.39 is 10.9 Å². The lowest BCUT2D eigenvalue weighted by Crippen LogP contribution is -2.06. The molecule has 0 atom stereocenters. The van der Waals surface area contributed by atoms with E-state index in [9.17, 15) is 14.9 Å². The maximum atomic E-state index is 11.8. The zero-order valence-electron chi connectivity index (χ0n) is 15.4. The van der Waals surface area contributed by atoms with Crippen molar-refractivity contribution in [3.05, 3.63) is 39.9 Å². The first-order valence-corrected chi connectivity index (χ1v) is 9.56. The molecule has 0 aromatic heterocycles.